The van der Waals surface area contributed by atoms with Crippen LogP contribution in [0.5, 0.6) is 0 Å². The summed E-state index contributed by atoms with van der Waals surface area (Å²) < 4.78 is 0. The van der Waals surface area contributed by atoms with E-state index >= 15 is 0 Å². The molecule has 0 aromatic rings. The van der Waals surface area contributed by atoms with Crippen LogP contribution in [0, 0.1) is 46.3 Å². The van der Waals surface area contributed by atoms with Gasteiger partial charge in [-0.05, 0) is 151 Å². The lowest BCUT2D eigenvalue weighted by molar-refractivity contribution is -0.234. The Kier molecular flexibility index (Phi) is 13.3. The second kappa shape index (κ2) is 16.0. The van der Waals surface area contributed by atoms with Crippen LogP contribution in [0.15, 0.2) is 0 Å². The van der Waals surface area contributed by atoms with Gasteiger partial charge in [0.25, 0.3) is 0 Å². The first-order valence-corrected chi connectivity index (χ1v) is 18.8. The fraction of sp³-hybridized carbons (Fsp3) is 1.00. The van der Waals surface area contributed by atoms with Gasteiger partial charge in [-0.3, -0.25) is 0 Å². The summed E-state index contributed by atoms with van der Waals surface area (Å²) in [6.45, 7) is 18.3. The van der Waals surface area contributed by atoms with Crippen LogP contribution in [0.25, 0.3) is 0 Å². The molecule has 0 aromatic carbocycles. The van der Waals surface area contributed by atoms with E-state index in [1.807, 2.05) is 0 Å². The van der Waals surface area contributed by atoms with Gasteiger partial charge in [0.05, 0.1) is 11.7 Å². The van der Waals surface area contributed by atoms with E-state index in [4.69, 9.17) is 5.73 Å². The second-order valence-electron chi connectivity index (χ2n) is 16.6. The molecule has 7 unspecified atom stereocenters. The number of hydrogen-bond donors (Lipinski definition) is 6. The van der Waals surface area contributed by atoms with Crippen LogP contribution in [0.3, 0.4) is 0 Å². The first-order valence-electron chi connectivity index (χ1n) is 18.8. The van der Waals surface area contributed by atoms with Gasteiger partial charge in [0.15, 0.2) is 0 Å². The lowest BCUT2D eigenvalue weighted by Gasteiger charge is -2.66. The Morgan fingerprint density at radius 1 is 0.791 bits per heavy atom. The van der Waals surface area contributed by atoms with Gasteiger partial charge in [0.1, 0.15) is 0 Å². The number of nitrogens with one attached hydrogen (secondary N) is 3. The van der Waals surface area contributed by atoms with Crippen molar-refractivity contribution in [3.05, 3.63) is 0 Å². The van der Waals surface area contributed by atoms with E-state index in [2.05, 4.69) is 50.6 Å². The van der Waals surface area contributed by atoms with E-state index in [9.17, 15) is 10.2 Å². The fourth-order valence-electron chi connectivity index (χ4n) is 11.0. The average molecular weight is 605 g/mol. The summed E-state index contributed by atoms with van der Waals surface area (Å²) in [6, 6.07) is 0.0816. The van der Waals surface area contributed by atoms with Gasteiger partial charge in [0, 0.05) is 17.9 Å². The zero-order chi connectivity index (χ0) is 31.1. The van der Waals surface area contributed by atoms with Gasteiger partial charge in [-0.15, -0.1) is 0 Å². The minimum Gasteiger partial charge on any atom is -0.393 e. The highest BCUT2D eigenvalue weighted by atomic mass is 16.3. The summed E-state index contributed by atoms with van der Waals surface area (Å²) in [5.74, 6) is 4.55. The molecule has 0 aliphatic heterocycles. The van der Waals surface area contributed by atoms with Gasteiger partial charge in [-0.2, -0.15) is 0 Å². The standard InChI is InChI=1S/C37H72N4O2/c1-27(2)11-8-12-28(3)31-13-14-32-30-25-34(41-24-10-23-40-21-7-6-20-39-22-9-19-38)37(43)26-29(42)15-18-36(37,5)33(30)16-17-35(31,32)4/h27-34,39-43H,6-26,38H2,1-5H3/t28?,29-,30?,31?,32?,33?,34+,35?,36?,37-/m0/s1. The molecule has 6 heteroatoms. The lowest BCUT2D eigenvalue weighted by Crippen LogP contribution is -2.71. The first-order chi connectivity index (χ1) is 20.6. The van der Waals surface area contributed by atoms with Gasteiger partial charge in [-0.25, -0.2) is 0 Å². The summed E-state index contributed by atoms with van der Waals surface area (Å²) in [5, 5.41) is 34.3. The normalized spacial score (nSPS) is 39.8. The molecule has 4 rings (SSSR count). The Hall–Kier alpha value is -0.240. The van der Waals surface area contributed by atoms with Crippen molar-refractivity contribution in [2.24, 2.45) is 52.1 Å². The topological polar surface area (TPSA) is 103 Å². The highest BCUT2D eigenvalue weighted by Gasteiger charge is 2.67. The third-order valence-corrected chi connectivity index (χ3v) is 13.5. The van der Waals surface area contributed by atoms with Crippen LogP contribution < -0.4 is 21.7 Å². The van der Waals surface area contributed by atoms with Gasteiger partial charge >= 0.3 is 0 Å². The number of unbranched alkanes of at least 4 members (excludes halogenated alkanes) is 1. The van der Waals surface area contributed by atoms with Gasteiger partial charge in [-0.1, -0.05) is 53.9 Å². The Morgan fingerprint density at radius 2 is 1.49 bits per heavy atom. The molecule has 0 spiro atoms. The molecular weight excluding hydrogens is 532 g/mol. The molecule has 7 N–H and O–H groups in total. The van der Waals surface area contributed by atoms with Crippen LogP contribution in [0.2, 0.25) is 0 Å². The maximum absolute atomic E-state index is 12.5. The molecule has 0 aromatic heterocycles. The minimum absolute atomic E-state index is 0.0816. The highest BCUT2D eigenvalue weighted by molar-refractivity contribution is 5.18. The summed E-state index contributed by atoms with van der Waals surface area (Å²) in [7, 11) is 0. The van der Waals surface area contributed by atoms with E-state index in [-0.39, 0.29) is 17.6 Å². The number of aliphatic hydroxyl groups excluding tert-OH is 1. The van der Waals surface area contributed by atoms with Crippen LogP contribution >= 0.6 is 0 Å². The third kappa shape index (κ3) is 8.01. The van der Waals surface area contributed by atoms with E-state index in [0.29, 0.717) is 23.7 Å². The largest absolute Gasteiger partial charge is 0.393 e. The molecule has 6 nitrogen and oxygen atoms in total. The Labute approximate surface area is 265 Å². The molecular formula is C37H72N4O2. The molecule has 4 aliphatic carbocycles. The Balaban J connectivity index is 1.34. The average Bonchev–Trinajstić information content (AvgIpc) is 3.32. The Morgan fingerprint density at radius 3 is 2.19 bits per heavy atom. The molecule has 0 amide bonds. The molecule has 252 valence electrons. The predicted molar refractivity (Wildman–Crippen MR) is 181 cm³/mol. The zero-order valence-corrected chi connectivity index (χ0v) is 28.9. The van der Waals surface area contributed by atoms with E-state index < -0.39 is 5.60 Å². The van der Waals surface area contributed by atoms with Crippen LogP contribution in [0.4, 0.5) is 0 Å². The summed E-state index contributed by atoms with van der Waals surface area (Å²) >= 11 is 0. The number of aliphatic hydroxyl groups is 2. The number of hydrogen-bond acceptors (Lipinski definition) is 6. The van der Waals surface area contributed by atoms with Crippen LogP contribution in [-0.2, 0) is 0 Å². The van der Waals surface area contributed by atoms with Crippen molar-refractivity contribution in [3.8, 4) is 0 Å². The van der Waals surface area contributed by atoms with Crippen molar-refractivity contribution in [2.75, 3.05) is 39.3 Å². The van der Waals surface area contributed by atoms with E-state index in [1.165, 1.54) is 57.8 Å². The van der Waals surface area contributed by atoms with E-state index in [1.54, 1.807) is 0 Å². The van der Waals surface area contributed by atoms with Crippen molar-refractivity contribution in [1.82, 2.24) is 16.0 Å². The molecule has 0 heterocycles. The summed E-state index contributed by atoms with van der Waals surface area (Å²) in [6.07, 6.45) is 17.1. The molecule has 4 aliphatic rings. The maximum atomic E-state index is 12.5. The highest BCUT2D eigenvalue weighted by Crippen LogP contribution is 2.69. The second-order valence-corrected chi connectivity index (χ2v) is 16.6. The fourth-order valence-corrected chi connectivity index (χ4v) is 11.0. The molecule has 10 atom stereocenters. The molecule has 4 fully saturated rings. The number of nitrogens with two attached hydrogens (primary N) is 1. The summed E-state index contributed by atoms with van der Waals surface area (Å²) in [5.41, 5.74) is 5.09. The van der Waals surface area contributed by atoms with Crippen molar-refractivity contribution in [1.29, 1.82) is 0 Å². The molecule has 0 saturated heterocycles. The molecule has 43 heavy (non-hydrogen) atoms. The SMILES string of the molecule is CC(C)CCCC(C)C1CCC2C3C[C@@H](NCCCNCCCCNCCCN)[C@@]4(O)C[C@@H](O)CCC4(C)C3CCC12C. The van der Waals surface area contributed by atoms with Crippen molar-refractivity contribution >= 4 is 0 Å². The maximum Gasteiger partial charge on any atom is 0.0880 e. The molecule has 0 radical (unpaired) electrons. The van der Waals surface area contributed by atoms with Crippen molar-refractivity contribution < 1.29 is 10.2 Å². The minimum atomic E-state index is -0.813. The van der Waals surface area contributed by atoms with Crippen LogP contribution in [-0.4, -0.2) is 67.2 Å². The zero-order valence-electron chi connectivity index (χ0n) is 28.9. The van der Waals surface area contributed by atoms with Crippen molar-refractivity contribution in [3.63, 3.8) is 0 Å². The summed E-state index contributed by atoms with van der Waals surface area (Å²) in [4.78, 5) is 0. The van der Waals surface area contributed by atoms with E-state index in [0.717, 1.165) is 95.0 Å². The van der Waals surface area contributed by atoms with Gasteiger partial charge in [0.2, 0.25) is 0 Å². The lowest BCUT2D eigenvalue weighted by atomic mass is 9.42. The Bertz CT molecular complexity index is 826. The van der Waals surface area contributed by atoms with Crippen molar-refractivity contribution in [2.45, 2.75) is 149 Å². The quantitative estimate of drug-likeness (QED) is 0.110. The predicted octanol–water partition coefficient (Wildman–Crippen LogP) is 5.85. The molecule has 4 saturated carbocycles. The van der Waals surface area contributed by atoms with Crippen LogP contribution in [0.1, 0.15) is 131 Å². The smallest absolute Gasteiger partial charge is 0.0880 e. The van der Waals surface area contributed by atoms with Gasteiger partial charge < -0.3 is 31.9 Å². The monoisotopic (exact) mass is 605 g/mol. The number of rotatable bonds is 18. The number of fused-ring (bicyclic) bond motifs is 5. The first kappa shape index (κ1) is 35.6. The molecule has 0 bridgehead atoms. The third-order valence-electron chi connectivity index (χ3n) is 13.5.